The lowest BCUT2D eigenvalue weighted by Crippen LogP contribution is -2.17. The quantitative estimate of drug-likeness (QED) is 0.524. The van der Waals surface area contributed by atoms with Crippen molar-refractivity contribution in [1.82, 2.24) is 0 Å². The van der Waals surface area contributed by atoms with Gasteiger partial charge in [-0.25, -0.2) is 8.42 Å². The van der Waals surface area contributed by atoms with Gasteiger partial charge in [0, 0.05) is 11.1 Å². The number of aromatic hydroxyl groups is 1. The summed E-state index contributed by atoms with van der Waals surface area (Å²) < 4.78 is 67.5. The van der Waals surface area contributed by atoms with E-state index in [-0.39, 0.29) is 5.75 Å². The zero-order valence-electron chi connectivity index (χ0n) is 19.2. The lowest BCUT2D eigenvalue weighted by atomic mass is 9.78. The molecule has 0 amide bonds. The molecule has 0 aliphatic carbocycles. The summed E-state index contributed by atoms with van der Waals surface area (Å²) in [7, 11) is -4.44. The molecule has 0 saturated heterocycles. The Kier molecular flexibility index (Phi) is 6.96. The van der Waals surface area contributed by atoms with Crippen molar-refractivity contribution in [3.05, 3.63) is 58.0 Å². The number of phenolic OH excluding ortho intramolecular Hbond substituents is 1. The van der Waals surface area contributed by atoms with Crippen molar-refractivity contribution >= 4 is 15.9 Å². The highest BCUT2D eigenvalue weighted by molar-refractivity contribution is 7.95. The molecular weight excluding hydrogens is 455 g/mol. The number of alkyl halides is 3. The molecule has 2 aromatic carbocycles. The molecule has 0 radical (unpaired) electrons. The van der Waals surface area contributed by atoms with Crippen molar-refractivity contribution in [1.29, 1.82) is 5.26 Å². The van der Waals surface area contributed by atoms with E-state index < -0.39 is 42.6 Å². The maximum absolute atomic E-state index is 13.0. The highest BCUT2D eigenvalue weighted by Gasteiger charge is 2.32. The minimum atomic E-state index is -4.99. The summed E-state index contributed by atoms with van der Waals surface area (Å²) in [4.78, 5) is -1.17. The van der Waals surface area contributed by atoms with E-state index in [1.807, 2.05) is 41.5 Å². The van der Waals surface area contributed by atoms with E-state index in [0.29, 0.717) is 22.8 Å². The Labute approximate surface area is 192 Å². The van der Waals surface area contributed by atoms with Gasteiger partial charge in [0.05, 0.1) is 4.90 Å². The van der Waals surface area contributed by atoms with E-state index in [9.17, 15) is 32.0 Å². The van der Waals surface area contributed by atoms with E-state index >= 15 is 0 Å². The van der Waals surface area contributed by atoms with Crippen LogP contribution in [0.25, 0.3) is 6.08 Å². The first-order chi connectivity index (χ1) is 14.9. The Morgan fingerprint density at radius 1 is 1.00 bits per heavy atom. The molecule has 9 heteroatoms. The van der Waals surface area contributed by atoms with Crippen molar-refractivity contribution in [2.75, 3.05) is 0 Å². The summed E-state index contributed by atoms with van der Waals surface area (Å²) in [5, 5.41) is 20.4. The molecule has 0 aliphatic rings. The Morgan fingerprint density at radius 2 is 1.52 bits per heavy atom. The number of rotatable bonds is 4. The molecule has 0 saturated carbocycles. The van der Waals surface area contributed by atoms with Crippen molar-refractivity contribution in [2.45, 2.75) is 63.6 Å². The highest BCUT2D eigenvalue weighted by atomic mass is 32.2. The number of phenols is 1. The van der Waals surface area contributed by atoms with Gasteiger partial charge in [-0.05, 0) is 52.8 Å². The largest absolute Gasteiger partial charge is 0.573 e. The fourth-order valence-electron chi connectivity index (χ4n) is 3.17. The first-order valence-corrected chi connectivity index (χ1v) is 11.5. The maximum Gasteiger partial charge on any atom is 0.573 e. The second-order valence-corrected chi connectivity index (χ2v) is 11.5. The van der Waals surface area contributed by atoms with Crippen LogP contribution in [0.1, 0.15) is 58.2 Å². The monoisotopic (exact) mass is 481 g/mol. The second kappa shape index (κ2) is 8.75. The van der Waals surface area contributed by atoms with Gasteiger partial charge in [-0.15, -0.1) is 13.2 Å². The summed E-state index contributed by atoms with van der Waals surface area (Å²) in [5.74, 6) is -0.624. The fourth-order valence-corrected chi connectivity index (χ4v) is 4.36. The highest BCUT2D eigenvalue weighted by Crippen LogP contribution is 2.40. The molecule has 33 heavy (non-hydrogen) atoms. The van der Waals surface area contributed by atoms with Crippen LogP contribution in [0.4, 0.5) is 13.2 Å². The van der Waals surface area contributed by atoms with Crippen molar-refractivity contribution in [2.24, 2.45) is 0 Å². The molecular formula is C24H26F3NO4S. The summed E-state index contributed by atoms with van der Waals surface area (Å²) in [5.41, 5.74) is 0.532. The first-order valence-electron chi connectivity index (χ1n) is 9.97. The SMILES string of the molecule is CC(C)(C)c1cc(/C=C(\C#N)S(=O)(=O)c2cccc(OC(F)(F)F)c2)cc(C(C)(C)C)c1O. The Bertz CT molecular complexity index is 1190. The summed E-state index contributed by atoms with van der Waals surface area (Å²) in [6, 6.07) is 8.69. The average molecular weight is 482 g/mol. The number of hydrogen-bond donors (Lipinski definition) is 1. The molecule has 0 spiro atoms. The van der Waals surface area contributed by atoms with Crippen LogP contribution in [-0.4, -0.2) is 19.9 Å². The lowest BCUT2D eigenvalue weighted by molar-refractivity contribution is -0.274. The molecule has 0 aromatic heterocycles. The molecule has 0 fully saturated rings. The van der Waals surface area contributed by atoms with Gasteiger partial charge in [-0.2, -0.15) is 5.26 Å². The number of allylic oxidation sites excluding steroid dienone is 1. The van der Waals surface area contributed by atoms with Crippen LogP contribution in [0.15, 0.2) is 46.2 Å². The van der Waals surface area contributed by atoms with Gasteiger partial charge in [0.1, 0.15) is 22.5 Å². The van der Waals surface area contributed by atoms with Crippen LogP contribution in [0.5, 0.6) is 11.5 Å². The number of ether oxygens (including phenoxy) is 1. The number of benzene rings is 2. The Hall–Kier alpha value is -2.99. The minimum absolute atomic E-state index is 0.0884. The third kappa shape index (κ3) is 6.29. The minimum Gasteiger partial charge on any atom is -0.507 e. The molecule has 1 N–H and O–H groups in total. The standard InChI is InChI=1S/C24H26F3NO4S/c1-22(2,3)19-11-15(12-20(21(19)29)23(4,5)6)10-18(14-28)33(30,31)17-9-7-8-16(13-17)32-24(25,26)27/h7-13,29H,1-6H3/b18-10+. The third-order valence-electron chi connectivity index (χ3n) is 4.80. The summed E-state index contributed by atoms with van der Waals surface area (Å²) >= 11 is 0. The molecule has 0 unspecified atom stereocenters. The number of nitrogens with zero attached hydrogens (tertiary/aromatic N) is 1. The van der Waals surface area contributed by atoms with E-state index in [1.54, 1.807) is 18.2 Å². The Balaban J connectivity index is 2.69. The third-order valence-corrected chi connectivity index (χ3v) is 6.46. The van der Waals surface area contributed by atoms with Gasteiger partial charge in [0.15, 0.2) is 0 Å². The predicted molar refractivity (Wildman–Crippen MR) is 119 cm³/mol. The molecule has 0 atom stereocenters. The van der Waals surface area contributed by atoms with Crippen molar-refractivity contribution in [3.63, 3.8) is 0 Å². The zero-order chi connectivity index (χ0) is 25.4. The van der Waals surface area contributed by atoms with Crippen LogP contribution in [0.3, 0.4) is 0 Å². The average Bonchev–Trinajstić information content (AvgIpc) is 2.63. The molecule has 178 valence electrons. The normalized spacial score (nSPS) is 13.5. The van der Waals surface area contributed by atoms with Gasteiger partial charge in [-0.1, -0.05) is 47.6 Å². The number of sulfone groups is 1. The molecule has 2 rings (SSSR count). The van der Waals surface area contributed by atoms with Gasteiger partial charge in [0.2, 0.25) is 9.84 Å². The van der Waals surface area contributed by atoms with E-state index in [4.69, 9.17) is 0 Å². The Morgan fingerprint density at radius 3 is 1.94 bits per heavy atom. The summed E-state index contributed by atoms with van der Waals surface area (Å²) in [6.07, 6.45) is -3.84. The fraction of sp³-hybridized carbons (Fsp3) is 0.375. The first kappa shape index (κ1) is 26.3. The van der Waals surface area contributed by atoms with Gasteiger partial charge >= 0.3 is 6.36 Å². The van der Waals surface area contributed by atoms with Crippen LogP contribution >= 0.6 is 0 Å². The van der Waals surface area contributed by atoms with E-state index in [1.165, 1.54) is 0 Å². The molecule has 0 heterocycles. The van der Waals surface area contributed by atoms with E-state index in [2.05, 4.69) is 4.74 Å². The zero-order valence-corrected chi connectivity index (χ0v) is 20.0. The van der Waals surface area contributed by atoms with Crippen LogP contribution in [0.2, 0.25) is 0 Å². The second-order valence-electron chi connectivity index (χ2n) is 9.61. The van der Waals surface area contributed by atoms with Crippen LogP contribution < -0.4 is 4.74 Å². The van der Waals surface area contributed by atoms with E-state index in [0.717, 1.165) is 24.3 Å². The van der Waals surface area contributed by atoms with Gasteiger partial charge < -0.3 is 9.84 Å². The topological polar surface area (TPSA) is 87.4 Å². The molecule has 2 aromatic rings. The van der Waals surface area contributed by atoms with Crippen molar-refractivity contribution < 1.29 is 31.4 Å². The van der Waals surface area contributed by atoms with Gasteiger partial charge in [-0.3, -0.25) is 0 Å². The van der Waals surface area contributed by atoms with Gasteiger partial charge in [0.25, 0.3) is 0 Å². The van der Waals surface area contributed by atoms with Crippen LogP contribution in [-0.2, 0) is 20.7 Å². The lowest BCUT2D eigenvalue weighted by Gasteiger charge is -2.28. The number of halogens is 3. The van der Waals surface area contributed by atoms with Crippen LogP contribution in [0, 0.1) is 11.3 Å². The number of nitriles is 1. The smallest absolute Gasteiger partial charge is 0.507 e. The maximum atomic E-state index is 13.0. The van der Waals surface area contributed by atoms with Crippen molar-refractivity contribution in [3.8, 4) is 17.6 Å². The number of hydrogen-bond acceptors (Lipinski definition) is 5. The molecule has 0 bridgehead atoms. The molecule has 0 aliphatic heterocycles. The predicted octanol–water partition coefficient (Wildman–Crippen LogP) is 6.22. The summed E-state index contributed by atoms with van der Waals surface area (Å²) in [6.45, 7) is 11.3. The molecule has 5 nitrogen and oxygen atoms in total.